The first-order chi connectivity index (χ1) is 14.7. The molecule has 3 nitrogen and oxygen atoms in total. The molecule has 1 aliphatic rings. The average Bonchev–Trinajstić information content (AvgIpc) is 2.75. The molecule has 0 amide bonds. The highest BCUT2D eigenvalue weighted by Gasteiger charge is 2.43. The minimum Gasteiger partial charge on any atom is -0.508 e. The van der Waals surface area contributed by atoms with Crippen molar-refractivity contribution < 1.29 is 15.3 Å². The van der Waals surface area contributed by atoms with Crippen LogP contribution in [0.2, 0.25) is 0 Å². The van der Waals surface area contributed by atoms with Crippen LogP contribution in [0.3, 0.4) is 0 Å². The lowest BCUT2D eigenvalue weighted by Crippen LogP contribution is -2.36. The monoisotopic (exact) mass is 416 g/mol. The van der Waals surface area contributed by atoms with Crippen molar-refractivity contribution in [2.75, 3.05) is 0 Å². The molecule has 0 bridgehead atoms. The van der Waals surface area contributed by atoms with Gasteiger partial charge in [-0.3, -0.25) is 0 Å². The van der Waals surface area contributed by atoms with Crippen LogP contribution in [0.25, 0.3) is 0 Å². The smallest absolute Gasteiger partial charge is 0.118 e. The molecule has 2 atom stereocenters. The van der Waals surface area contributed by atoms with Crippen LogP contribution in [0.1, 0.15) is 65.5 Å². The molecule has 0 aromatic heterocycles. The molecular weight excluding hydrogens is 384 g/mol. The zero-order valence-electron chi connectivity index (χ0n) is 18.8. The second-order valence-electron chi connectivity index (χ2n) is 9.46. The van der Waals surface area contributed by atoms with E-state index in [0.717, 1.165) is 36.0 Å². The maximum absolute atomic E-state index is 10.1. The van der Waals surface area contributed by atoms with Crippen molar-refractivity contribution in [3.63, 3.8) is 0 Å². The number of aryl methyl sites for hydroxylation is 3. The van der Waals surface area contributed by atoms with Crippen molar-refractivity contribution in [1.82, 2.24) is 0 Å². The van der Waals surface area contributed by atoms with Crippen molar-refractivity contribution in [2.45, 2.75) is 58.3 Å². The SMILES string of the molecule is Cc1cc(C2CC(c3ccc(O)c(C)c3)(c3ccc(O)c(C)c3)CCC2C)ccc1O. The summed E-state index contributed by atoms with van der Waals surface area (Å²) in [6, 6.07) is 17.9. The van der Waals surface area contributed by atoms with E-state index in [2.05, 4.69) is 43.3 Å². The lowest BCUT2D eigenvalue weighted by Gasteiger charge is -2.45. The summed E-state index contributed by atoms with van der Waals surface area (Å²) in [7, 11) is 0. The van der Waals surface area contributed by atoms with Crippen LogP contribution in [0.4, 0.5) is 0 Å². The molecule has 162 valence electrons. The predicted molar refractivity (Wildman–Crippen MR) is 125 cm³/mol. The number of hydrogen-bond acceptors (Lipinski definition) is 3. The van der Waals surface area contributed by atoms with Crippen LogP contribution in [0.15, 0.2) is 54.6 Å². The van der Waals surface area contributed by atoms with Gasteiger partial charge in [0, 0.05) is 5.41 Å². The molecule has 1 aliphatic carbocycles. The van der Waals surface area contributed by atoms with Gasteiger partial charge in [-0.25, -0.2) is 0 Å². The highest BCUT2D eigenvalue weighted by Crippen LogP contribution is 2.53. The van der Waals surface area contributed by atoms with Crippen LogP contribution in [0.5, 0.6) is 17.2 Å². The molecule has 0 spiro atoms. The van der Waals surface area contributed by atoms with E-state index in [4.69, 9.17) is 0 Å². The first kappa shape index (κ1) is 21.3. The predicted octanol–water partition coefficient (Wildman–Crippen LogP) is 6.62. The second kappa shape index (κ2) is 7.96. The normalized spacial score (nSPS) is 20.5. The summed E-state index contributed by atoms with van der Waals surface area (Å²) < 4.78 is 0. The Hall–Kier alpha value is -2.94. The molecule has 4 rings (SSSR count). The first-order valence-electron chi connectivity index (χ1n) is 11.1. The summed E-state index contributed by atoms with van der Waals surface area (Å²) in [5, 5.41) is 30.3. The molecule has 3 aromatic carbocycles. The average molecular weight is 417 g/mol. The standard InChI is InChI=1S/C28H32O3/c1-17-11-12-28(22-6-9-26(30)19(3)14-22,23-7-10-27(31)20(4)15-23)16-24(17)21-5-8-25(29)18(2)13-21/h5-10,13-15,17,24,29-31H,11-12,16H2,1-4H3. The van der Waals surface area contributed by atoms with Crippen molar-refractivity contribution in [3.05, 3.63) is 88.0 Å². The Bertz CT molecular complexity index is 1060. The van der Waals surface area contributed by atoms with Gasteiger partial charge in [0.25, 0.3) is 0 Å². The summed E-state index contributed by atoms with van der Waals surface area (Å²) >= 11 is 0. The highest BCUT2D eigenvalue weighted by atomic mass is 16.3. The molecule has 1 saturated carbocycles. The molecular formula is C28H32O3. The molecule has 0 heterocycles. The molecule has 3 aromatic rings. The summed E-state index contributed by atoms with van der Waals surface area (Å²) in [6.07, 6.45) is 3.02. The Labute approximate surface area is 185 Å². The molecule has 2 unspecified atom stereocenters. The third kappa shape index (κ3) is 3.78. The fourth-order valence-electron chi connectivity index (χ4n) is 5.31. The maximum atomic E-state index is 10.1. The summed E-state index contributed by atoms with van der Waals surface area (Å²) in [6.45, 7) is 8.16. The minimum absolute atomic E-state index is 0.208. The molecule has 0 radical (unpaired) electrons. The number of phenols is 3. The van der Waals surface area contributed by atoms with Crippen molar-refractivity contribution in [3.8, 4) is 17.2 Å². The second-order valence-corrected chi connectivity index (χ2v) is 9.46. The topological polar surface area (TPSA) is 60.7 Å². The first-order valence-corrected chi connectivity index (χ1v) is 11.1. The van der Waals surface area contributed by atoms with Gasteiger partial charge >= 0.3 is 0 Å². The Morgan fingerprint density at radius 1 is 0.710 bits per heavy atom. The molecule has 3 heteroatoms. The number of aromatic hydroxyl groups is 3. The summed E-state index contributed by atoms with van der Waals surface area (Å²) in [4.78, 5) is 0. The molecule has 1 fully saturated rings. The van der Waals surface area contributed by atoms with Crippen LogP contribution < -0.4 is 0 Å². The van der Waals surface area contributed by atoms with Gasteiger partial charge in [-0.05, 0) is 103 Å². The zero-order valence-corrected chi connectivity index (χ0v) is 18.8. The van der Waals surface area contributed by atoms with Gasteiger partial charge in [0.15, 0.2) is 0 Å². The molecule has 0 saturated heterocycles. The van der Waals surface area contributed by atoms with E-state index >= 15 is 0 Å². The van der Waals surface area contributed by atoms with E-state index in [1.165, 1.54) is 16.7 Å². The number of benzene rings is 3. The third-order valence-corrected chi connectivity index (χ3v) is 7.43. The van der Waals surface area contributed by atoms with Crippen molar-refractivity contribution in [2.24, 2.45) is 5.92 Å². The van der Waals surface area contributed by atoms with E-state index < -0.39 is 0 Å². The van der Waals surface area contributed by atoms with Gasteiger partial charge in [0.1, 0.15) is 17.2 Å². The lowest BCUT2D eigenvalue weighted by molar-refractivity contribution is 0.241. The molecule has 3 N–H and O–H groups in total. The zero-order chi connectivity index (χ0) is 22.3. The Balaban J connectivity index is 1.88. The van der Waals surface area contributed by atoms with Crippen molar-refractivity contribution >= 4 is 0 Å². The molecule has 0 aliphatic heterocycles. The van der Waals surface area contributed by atoms with Gasteiger partial charge in [0.05, 0.1) is 0 Å². The van der Waals surface area contributed by atoms with Gasteiger partial charge in [0.2, 0.25) is 0 Å². The summed E-state index contributed by atoms with van der Waals surface area (Å²) in [5.41, 5.74) is 6.13. The fourth-order valence-corrected chi connectivity index (χ4v) is 5.31. The van der Waals surface area contributed by atoms with E-state index in [-0.39, 0.29) is 5.41 Å². The Morgan fingerprint density at radius 2 is 1.19 bits per heavy atom. The van der Waals surface area contributed by atoms with E-state index in [0.29, 0.717) is 29.1 Å². The van der Waals surface area contributed by atoms with E-state index in [1.54, 1.807) is 12.1 Å². The van der Waals surface area contributed by atoms with Crippen LogP contribution >= 0.6 is 0 Å². The number of phenolic OH excluding ortho intramolecular Hbond substituents is 3. The van der Waals surface area contributed by atoms with E-state index in [9.17, 15) is 15.3 Å². The summed E-state index contributed by atoms with van der Waals surface area (Å²) in [5.74, 6) is 1.83. The minimum atomic E-state index is -0.208. The largest absolute Gasteiger partial charge is 0.508 e. The van der Waals surface area contributed by atoms with Crippen LogP contribution in [-0.4, -0.2) is 15.3 Å². The van der Waals surface area contributed by atoms with Gasteiger partial charge in [-0.1, -0.05) is 43.3 Å². The van der Waals surface area contributed by atoms with Gasteiger partial charge < -0.3 is 15.3 Å². The Morgan fingerprint density at radius 3 is 1.68 bits per heavy atom. The van der Waals surface area contributed by atoms with Gasteiger partial charge in [-0.2, -0.15) is 0 Å². The van der Waals surface area contributed by atoms with Crippen molar-refractivity contribution in [1.29, 1.82) is 0 Å². The molecule has 31 heavy (non-hydrogen) atoms. The fraction of sp³-hybridized carbons (Fsp3) is 0.357. The van der Waals surface area contributed by atoms with E-state index in [1.807, 2.05) is 26.8 Å². The van der Waals surface area contributed by atoms with Crippen LogP contribution in [0, 0.1) is 26.7 Å². The third-order valence-electron chi connectivity index (χ3n) is 7.43. The lowest BCUT2D eigenvalue weighted by atomic mass is 9.58. The van der Waals surface area contributed by atoms with Crippen LogP contribution in [-0.2, 0) is 5.41 Å². The number of rotatable bonds is 3. The quantitative estimate of drug-likeness (QED) is 0.450. The van der Waals surface area contributed by atoms with Gasteiger partial charge in [-0.15, -0.1) is 0 Å². The highest BCUT2D eigenvalue weighted by molar-refractivity contribution is 5.49. The maximum Gasteiger partial charge on any atom is 0.118 e. The Kier molecular flexibility index (Phi) is 5.47. The number of hydrogen-bond donors (Lipinski definition) is 3.